The van der Waals surface area contributed by atoms with E-state index in [9.17, 15) is 0 Å². The molecule has 8 heteroatoms. The number of morpholine rings is 2. The largest absolute Gasteiger partial charge is 0.379 e. The first-order chi connectivity index (χ1) is 15.1. The van der Waals surface area contributed by atoms with Crippen LogP contribution in [0, 0.1) is 12.8 Å². The second-order valence-electron chi connectivity index (χ2n) is 8.87. The number of aryl methyl sites for hydroxylation is 1. The van der Waals surface area contributed by atoms with Gasteiger partial charge in [0.1, 0.15) is 0 Å². The summed E-state index contributed by atoms with van der Waals surface area (Å²) in [6.07, 6.45) is 0. The van der Waals surface area contributed by atoms with Crippen LogP contribution < -0.4 is 10.6 Å². The lowest BCUT2D eigenvalue weighted by atomic mass is 10.0. The van der Waals surface area contributed by atoms with E-state index in [1.807, 2.05) is 7.05 Å². The first-order valence-electron chi connectivity index (χ1n) is 11.7. The molecule has 1 aromatic carbocycles. The summed E-state index contributed by atoms with van der Waals surface area (Å²) >= 11 is 0. The minimum absolute atomic E-state index is 0. The Morgan fingerprint density at radius 3 is 1.97 bits per heavy atom. The van der Waals surface area contributed by atoms with E-state index in [1.165, 1.54) is 11.1 Å². The Morgan fingerprint density at radius 1 is 0.906 bits per heavy atom. The van der Waals surface area contributed by atoms with Crippen LogP contribution in [0.2, 0.25) is 0 Å². The number of benzene rings is 1. The van der Waals surface area contributed by atoms with Gasteiger partial charge in [-0.05, 0) is 18.4 Å². The van der Waals surface area contributed by atoms with Crippen molar-refractivity contribution in [1.29, 1.82) is 0 Å². The molecule has 2 atom stereocenters. The summed E-state index contributed by atoms with van der Waals surface area (Å²) in [5.41, 5.74) is 2.63. The SMILES string of the molecule is CN=C(NCC(c1ccc(C)cc1)N1CCOCC1)NCC(C(C)C)N1CCOCC1.I. The zero-order chi connectivity index (χ0) is 22.1. The Bertz CT molecular complexity index is 673. The maximum atomic E-state index is 5.58. The predicted octanol–water partition coefficient (Wildman–Crippen LogP) is 2.51. The third kappa shape index (κ3) is 8.13. The first-order valence-corrected chi connectivity index (χ1v) is 11.7. The van der Waals surface area contributed by atoms with Crippen molar-refractivity contribution >= 4 is 29.9 Å². The topological polar surface area (TPSA) is 61.4 Å². The standard InChI is InChI=1S/C24H41N5O2.HI/c1-19(2)22(28-9-13-30-14-10-28)17-26-24(25-4)27-18-23(29-11-15-31-16-12-29)21-7-5-20(3)6-8-21;/h5-8,19,22-23H,9-18H2,1-4H3,(H2,25,26,27);1H. The highest BCUT2D eigenvalue weighted by molar-refractivity contribution is 14.0. The van der Waals surface area contributed by atoms with E-state index in [0.29, 0.717) is 18.0 Å². The summed E-state index contributed by atoms with van der Waals surface area (Å²) in [6.45, 7) is 15.6. The normalized spacial score (nSPS) is 20.5. The minimum atomic E-state index is 0. The van der Waals surface area contributed by atoms with Gasteiger partial charge in [-0.15, -0.1) is 24.0 Å². The molecular weight excluding hydrogens is 517 g/mol. The molecule has 2 aliphatic rings. The fraction of sp³-hybridized carbons (Fsp3) is 0.708. The van der Waals surface area contributed by atoms with Crippen LogP contribution in [0.15, 0.2) is 29.3 Å². The zero-order valence-electron chi connectivity index (χ0n) is 20.2. The van der Waals surface area contributed by atoms with Gasteiger partial charge in [-0.1, -0.05) is 43.7 Å². The molecule has 0 aliphatic carbocycles. The maximum absolute atomic E-state index is 5.58. The maximum Gasteiger partial charge on any atom is 0.191 e. The van der Waals surface area contributed by atoms with E-state index in [4.69, 9.17) is 9.47 Å². The molecule has 0 aromatic heterocycles. The van der Waals surface area contributed by atoms with Crippen molar-refractivity contribution in [2.45, 2.75) is 32.9 Å². The molecule has 2 unspecified atom stereocenters. The summed E-state index contributed by atoms with van der Waals surface area (Å²) in [4.78, 5) is 9.55. The van der Waals surface area contributed by atoms with Crippen LogP contribution in [0.25, 0.3) is 0 Å². The van der Waals surface area contributed by atoms with Crippen molar-refractivity contribution in [3.05, 3.63) is 35.4 Å². The van der Waals surface area contributed by atoms with Crippen molar-refractivity contribution in [1.82, 2.24) is 20.4 Å². The molecule has 0 radical (unpaired) electrons. The molecule has 7 nitrogen and oxygen atoms in total. The van der Waals surface area contributed by atoms with Gasteiger partial charge in [0.15, 0.2) is 5.96 Å². The molecule has 2 aliphatic heterocycles. The van der Waals surface area contributed by atoms with Crippen molar-refractivity contribution in [2.24, 2.45) is 10.9 Å². The highest BCUT2D eigenvalue weighted by Crippen LogP contribution is 2.22. The molecule has 0 bridgehead atoms. The summed E-state index contributed by atoms with van der Waals surface area (Å²) in [5.74, 6) is 1.43. The van der Waals surface area contributed by atoms with E-state index in [-0.39, 0.29) is 24.0 Å². The molecule has 0 saturated carbocycles. The van der Waals surface area contributed by atoms with Gasteiger partial charge >= 0.3 is 0 Å². The van der Waals surface area contributed by atoms with E-state index < -0.39 is 0 Å². The van der Waals surface area contributed by atoms with Gasteiger partial charge < -0.3 is 20.1 Å². The number of nitrogens with one attached hydrogen (secondary N) is 2. The Kier molecular flexibility index (Phi) is 12.2. The quantitative estimate of drug-likeness (QED) is 0.290. The number of guanidine groups is 1. The van der Waals surface area contributed by atoms with Crippen molar-refractivity contribution in [2.75, 3.05) is 72.7 Å². The second kappa shape index (κ2) is 14.3. The predicted molar refractivity (Wildman–Crippen MR) is 142 cm³/mol. The highest BCUT2D eigenvalue weighted by atomic mass is 127. The molecule has 32 heavy (non-hydrogen) atoms. The lowest BCUT2D eigenvalue weighted by molar-refractivity contribution is 0.00747. The van der Waals surface area contributed by atoms with Crippen LogP contribution in [-0.2, 0) is 9.47 Å². The van der Waals surface area contributed by atoms with Gasteiger partial charge in [-0.3, -0.25) is 14.8 Å². The summed E-state index contributed by atoms with van der Waals surface area (Å²) in [7, 11) is 1.85. The van der Waals surface area contributed by atoms with Crippen molar-refractivity contribution in [3.63, 3.8) is 0 Å². The lowest BCUT2D eigenvalue weighted by Gasteiger charge is -2.37. The van der Waals surface area contributed by atoms with Crippen molar-refractivity contribution in [3.8, 4) is 0 Å². The molecule has 2 saturated heterocycles. The summed E-state index contributed by atoms with van der Waals surface area (Å²) in [5, 5.41) is 7.17. The molecule has 182 valence electrons. The van der Waals surface area contributed by atoms with Crippen LogP contribution in [-0.4, -0.2) is 94.5 Å². The first kappa shape index (κ1) is 27.3. The smallest absolute Gasteiger partial charge is 0.191 e. The lowest BCUT2D eigenvalue weighted by Crippen LogP contribution is -2.53. The average Bonchev–Trinajstić information content (AvgIpc) is 2.80. The number of hydrogen-bond donors (Lipinski definition) is 2. The zero-order valence-corrected chi connectivity index (χ0v) is 22.5. The number of nitrogens with zero attached hydrogens (tertiary/aromatic N) is 3. The Labute approximate surface area is 211 Å². The molecule has 2 N–H and O–H groups in total. The van der Waals surface area contributed by atoms with E-state index in [0.717, 1.165) is 71.7 Å². The van der Waals surface area contributed by atoms with Gasteiger partial charge in [0.25, 0.3) is 0 Å². The monoisotopic (exact) mass is 559 g/mol. The van der Waals surface area contributed by atoms with Crippen LogP contribution >= 0.6 is 24.0 Å². The van der Waals surface area contributed by atoms with Crippen LogP contribution in [0.5, 0.6) is 0 Å². The highest BCUT2D eigenvalue weighted by Gasteiger charge is 2.25. The number of hydrogen-bond acceptors (Lipinski definition) is 5. The van der Waals surface area contributed by atoms with E-state index in [2.05, 4.69) is 70.5 Å². The fourth-order valence-corrected chi connectivity index (χ4v) is 4.45. The molecule has 1 aromatic rings. The molecule has 0 spiro atoms. The molecule has 0 amide bonds. The number of rotatable bonds is 8. The average molecular weight is 560 g/mol. The fourth-order valence-electron chi connectivity index (χ4n) is 4.45. The summed E-state index contributed by atoms with van der Waals surface area (Å²) in [6, 6.07) is 9.66. The van der Waals surface area contributed by atoms with E-state index >= 15 is 0 Å². The Balaban J connectivity index is 0.00000363. The second-order valence-corrected chi connectivity index (χ2v) is 8.87. The Hall–Kier alpha value is -0.940. The van der Waals surface area contributed by atoms with Crippen molar-refractivity contribution < 1.29 is 9.47 Å². The molecular formula is C24H42IN5O2. The minimum Gasteiger partial charge on any atom is -0.379 e. The van der Waals surface area contributed by atoms with Gasteiger partial charge in [-0.25, -0.2) is 0 Å². The van der Waals surface area contributed by atoms with Gasteiger partial charge in [-0.2, -0.15) is 0 Å². The van der Waals surface area contributed by atoms with Gasteiger partial charge in [0.2, 0.25) is 0 Å². The third-order valence-electron chi connectivity index (χ3n) is 6.40. The number of aliphatic imine (C=N–C) groups is 1. The molecule has 2 fully saturated rings. The van der Waals surface area contributed by atoms with E-state index in [1.54, 1.807) is 0 Å². The van der Waals surface area contributed by atoms with Crippen LogP contribution in [0.3, 0.4) is 0 Å². The Morgan fingerprint density at radius 2 is 1.44 bits per heavy atom. The number of halogens is 1. The van der Waals surface area contributed by atoms with Crippen LogP contribution in [0.4, 0.5) is 0 Å². The summed E-state index contributed by atoms with van der Waals surface area (Å²) < 4.78 is 11.1. The number of ether oxygens (including phenoxy) is 2. The molecule has 3 rings (SSSR count). The molecule has 2 heterocycles. The third-order valence-corrected chi connectivity index (χ3v) is 6.40. The van der Waals surface area contributed by atoms with Crippen LogP contribution in [0.1, 0.15) is 31.0 Å². The van der Waals surface area contributed by atoms with Gasteiger partial charge in [0.05, 0.1) is 32.5 Å². The van der Waals surface area contributed by atoms with Gasteiger partial charge in [0, 0.05) is 52.4 Å².